The lowest BCUT2D eigenvalue weighted by molar-refractivity contribution is -0.138. The summed E-state index contributed by atoms with van der Waals surface area (Å²) in [5.41, 5.74) is -0.0491. The molecule has 4 unspecified atom stereocenters. The second-order valence-corrected chi connectivity index (χ2v) is 8.94. The summed E-state index contributed by atoms with van der Waals surface area (Å²) in [6.07, 6.45) is 18.5. The molecular weight excluding hydrogens is 306 g/mol. The Kier molecular flexibility index (Phi) is 6.63. The minimum Gasteiger partial charge on any atom is -0.356 e. The number of fused-ring (bicyclic) bond motifs is 3. The first-order valence-electron chi connectivity index (χ1n) is 11.1. The number of amides is 1. The quantitative estimate of drug-likeness (QED) is 0.432. The lowest BCUT2D eigenvalue weighted by Gasteiger charge is -2.42. The summed E-state index contributed by atoms with van der Waals surface area (Å²) in [6.45, 7) is 6.89. The van der Waals surface area contributed by atoms with E-state index in [4.69, 9.17) is 0 Å². The predicted molar refractivity (Wildman–Crippen MR) is 105 cm³/mol. The van der Waals surface area contributed by atoms with Crippen LogP contribution in [-0.4, -0.2) is 12.5 Å². The molecule has 0 saturated heterocycles. The van der Waals surface area contributed by atoms with Crippen LogP contribution in [0, 0.1) is 29.1 Å². The van der Waals surface area contributed by atoms with Gasteiger partial charge in [0.25, 0.3) is 0 Å². The Morgan fingerprint density at radius 2 is 1.64 bits per heavy atom. The van der Waals surface area contributed by atoms with Crippen molar-refractivity contribution in [3.63, 3.8) is 0 Å². The van der Waals surface area contributed by atoms with Crippen LogP contribution in [0.4, 0.5) is 0 Å². The summed E-state index contributed by atoms with van der Waals surface area (Å²) < 4.78 is 0. The Bertz CT molecular complexity index is 435. The molecule has 0 bridgehead atoms. The van der Waals surface area contributed by atoms with E-state index in [2.05, 4.69) is 18.8 Å². The lowest BCUT2D eigenvalue weighted by Crippen LogP contribution is -2.49. The van der Waals surface area contributed by atoms with Gasteiger partial charge >= 0.3 is 0 Å². The molecule has 1 amide bonds. The van der Waals surface area contributed by atoms with Crippen LogP contribution in [0.15, 0.2) is 12.7 Å². The number of rotatable bonds is 8. The summed E-state index contributed by atoms with van der Waals surface area (Å²) in [6, 6.07) is 0. The largest absolute Gasteiger partial charge is 0.356 e. The van der Waals surface area contributed by atoms with E-state index in [0.717, 1.165) is 37.6 Å². The minimum absolute atomic E-state index is 0.0491. The molecule has 4 atom stereocenters. The number of carbonyl (C=O) groups is 1. The van der Waals surface area contributed by atoms with Crippen LogP contribution in [0.5, 0.6) is 0 Å². The Morgan fingerprint density at radius 1 is 1.04 bits per heavy atom. The smallest absolute Gasteiger partial charge is 0.226 e. The zero-order chi connectivity index (χ0) is 17.7. The Balaban J connectivity index is 1.88. The van der Waals surface area contributed by atoms with E-state index < -0.39 is 0 Å². The van der Waals surface area contributed by atoms with E-state index in [1.165, 1.54) is 64.2 Å². The zero-order valence-electron chi connectivity index (χ0n) is 16.4. The van der Waals surface area contributed by atoms with Crippen molar-refractivity contribution in [1.82, 2.24) is 5.32 Å². The maximum absolute atomic E-state index is 13.6. The highest BCUT2D eigenvalue weighted by Crippen LogP contribution is 2.65. The molecule has 0 aliphatic heterocycles. The van der Waals surface area contributed by atoms with Crippen LogP contribution in [0.1, 0.15) is 90.4 Å². The first-order valence-corrected chi connectivity index (χ1v) is 11.1. The fourth-order valence-corrected chi connectivity index (χ4v) is 6.83. The molecule has 3 saturated carbocycles. The first kappa shape index (κ1) is 19.0. The van der Waals surface area contributed by atoms with Gasteiger partial charge in [-0.1, -0.05) is 45.1 Å². The SMILES string of the molecule is C=CCCCCC1(C(=O)NCCC)C2CCCCC2C2CCCCC21. The molecule has 0 spiro atoms. The summed E-state index contributed by atoms with van der Waals surface area (Å²) in [5, 5.41) is 3.36. The highest BCUT2D eigenvalue weighted by atomic mass is 16.2. The van der Waals surface area contributed by atoms with Gasteiger partial charge in [-0.2, -0.15) is 0 Å². The van der Waals surface area contributed by atoms with Gasteiger partial charge in [-0.15, -0.1) is 6.58 Å². The van der Waals surface area contributed by atoms with Crippen molar-refractivity contribution < 1.29 is 4.79 Å². The van der Waals surface area contributed by atoms with Crippen molar-refractivity contribution in [3.05, 3.63) is 12.7 Å². The number of carbonyl (C=O) groups excluding carboxylic acids is 1. The average molecular weight is 346 g/mol. The number of allylic oxidation sites excluding steroid dienone is 1. The highest BCUT2D eigenvalue weighted by Gasteiger charge is 2.62. The third kappa shape index (κ3) is 3.55. The molecule has 0 radical (unpaired) electrons. The van der Waals surface area contributed by atoms with Gasteiger partial charge in [0.05, 0.1) is 5.41 Å². The van der Waals surface area contributed by atoms with Gasteiger partial charge in [0.1, 0.15) is 0 Å². The van der Waals surface area contributed by atoms with Crippen LogP contribution < -0.4 is 5.32 Å². The maximum Gasteiger partial charge on any atom is 0.226 e. The third-order valence-electron chi connectivity index (χ3n) is 7.72. The number of nitrogens with one attached hydrogen (secondary N) is 1. The molecule has 0 aromatic carbocycles. The second-order valence-electron chi connectivity index (χ2n) is 8.94. The Labute approximate surface area is 155 Å². The predicted octanol–water partition coefficient (Wildman–Crippen LogP) is 5.87. The molecular formula is C23H39NO. The highest BCUT2D eigenvalue weighted by molar-refractivity contribution is 5.84. The van der Waals surface area contributed by atoms with Gasteiger partial charge < -0.3 is 5.32 Å². The summed E-state index contributed by atoms with van der Waals surface area (Å²) >= 11 is 0. The van der Waals surface area contributed by atoms with E-state index in [9.17, 15) is 4.79 Å². The van der Waals surface area contributed by atoms with E-state index in [1.807, 2.05) is 6.08 Å². The fraction of sp³-hybridized carbons (Fsp3) is 0.870. The summed E-state index contributed by atoms with van der Waals surface area (Å²) in [4.78, 5) is 13.6. The van der Waals surface area contributed by atoms with Gasteiger partial charge in [-0.05, 0) is 75.0 Å². The van der Waals surface area contributed by atoms with Crippen LogP contribution in [0.3, 0.4) is 0 Å². The molecule has 1 N–H and O–H groups in total. The topological polar surface area (TPSA) is 29.1 Å². The molecule has 3 rings (SSSR count). The van der Waals surface area contributed by atoms with Crippen LogP contribution >= 0.6 is 0 Å². The monoisotopic (exact) mass is 345 g/mol. The van der Waals surface area contributed by atoms with Gasteiger partial charge in [-0.25, -0.2) is 0 Å². The van der Waals surface area contributed by atoms with Crippen molar-refractivity contribution in [2.75, 3.05) is 6.54 Å². The number of hydrogen-bond acceptors (Lipinski definition) is 1. The number of unbranched alkanes of at least 4 members (excludes halogenated alkanes) is 2. The molecule has 3 aliphatic carbocycles. The molecule has 2 nitrogen and oxygen atoms in total. The first-order chi connectivity index (χ1) is 12.3. The molecule has 25 heavy (non-hydrogen) atoms. The fourth-order valence-electron chi connectivity index (χ4n) is 6.83. The zero-order valence-corrected chi connectivity index (χ0v) is 16.4. The van der Waals surface area contributed by atoms with Gasteiger partial charge in [0.2, 0.25) is 5.91 Å². The molecule has 2 heteroatoms. The van der Waals surface area contributed by atoms with E-state index in [-0.39, 0.29) is 5.41 Å². The molecule has 0 aromatic rings. The number of hydrogen-bond donors (Lipinski definition) is 1. The maximum atomic E-state index is 13.6. The van der Waals surface area contributed by atoms with Crippen LogP contribution in [0.2, 0.25) is 0 Å². The van der Waals surface area contributed by atoms with Crippen molar-refractivity contribution in [2.24, 2.45) is 29.1 Å². The van der Waals surface area contributed by atoms with Crippen LogP contribution in [0.25, 0.3) is 0 Å². The molecule has 3 fully saturated rings. The minimum atomic E-state index is -0.0491. The van der Waals surface area contributed by atoms with E-state index in [0.29, 0.717) is 17.7 Å². The van der Waals surface area contributed by atoms with Crippen molar-refractivity contribution in [2.45, 2.75) is 90.4 Å². The van der Waals surface area contributed by atoms with E-state index in [1.54, 1.807) is 0 Å². The van der Waals surface area contributed by atoms with Crippen molar-refractivity contribution in [3.8, 4) is 0 Å². The molecule has 0 aromatic heterocycles. The molecule has 0 heterocycles. The second kappa shape index (κ2) is 8.73. The average Bonchev–Trinajstić information content (AvgIpc) is 2.95. The normalized spacial score (nSPS) is 37.2. The standard InChI is InChI=1S/C23H39NO/c1-3-5-6-11-16-23(22(25)24-17-4-2)20-14-9-7-12-18(20)19-13-8-10-15-21(19)23/h3,18-21H,1,4-17H2,2H3,(H,24,25). The summed E-state index contributed by atoms with van der Waals surface area (Å²) in [5.74, 6) is 3.43. The van der Waals surface area contributed by atoms with Gasteiger partial charge in [-0.3, -0.25) is 4.79 Å². The van der Waals surface area contributed by atoms with Crippen molar-refractivity contribution >= 4 is 5.91 Å². The Morgan fingerprint density at radius 3 is 2.20 bits per heavy atom. The van der Waals surface area contributed by atoms with Crippen molar-refractivity contribution in [1.29, 1.82) is 0 Å². The van der Waals surface area contributed by atoms with Gasteiger partial charge in [0.15, 0.2) is 0 Å². The molecule has 3 aliphatic rings. The van der Waals surface area contributed by atoms with E-state index >= 15 is 0 Å². The third-order valence-corrected chi connectivity index (χ3v) is 7.72. The Hall–Kier alpha value is -0.790. The summed E-state index contributed by atoms with van der Waals surface area (Å²) in [7, 11) is 0. The van der Waals surface area contributed by atoms with Gasteiger partial charge in [0, 0.05) is 6.54 Å². The van der Waals surface area contributed by atoms with Crippen LogP contribution in [-0.2, 0) is 4.79 Å². The lowest BCUT2D eigenvalue weighted by atomic mass is 9.62. The molecule has 142 valence electrons.